The minimum atomic E-state index is 0.499. The molecule has 1 nitrogen and oxygen atoms in total. The van der Waals surface area contributed by atoms with Gasteiger partial charge in [0.05, 0.1) is 0 Å². The van der Waals surface area contributed by atoms with Gasteiger partial charge >= 0.3 is 0 Å². The summed E-state index contributed by atoms with van der Waals surface area (Å²) in [5.74, 6) is 0.827. The van der Waals surface area contributed by atoms with E-state index in [4.69, 9.17) is 0 Å². The molecule has 98 valence electrons. The van der Waals surface area contributed by atoms with Crippen LogP contribution < -0.4 is 5.32 Å². The van der Waals surface area contributed by atoms with Crippen molar-refractivity contribution in [1.82, 2.24) is 5.32 Å². The number of nitrogens with one attached hydrogen (secondary N) is 1. The SMILES string of the molecule is CCCCNCC(C)(CCCC)C(C)CC. The average molecular weight is 227 g/mol. The predicted molar refractivity (Wildman–Crippen MR) is 74.9 cm³/mol. The molecule has 0 radical (unpaired) electrons. The molecule has 2 atom stereocenters. The Balaban J connectivity index is 4.07. The van der Waals surface area contributed by atoms with Gasteiger partial charge in [0.1, 0.15) is 0 Å². The van der Waals surface area contributed by atoms with Crippen LogP contribution in [0.15, 0.2) is 0 Å². The van der Waals surface area contributed by atoms with Crippen molar-refractivity contribution in [3.05, 3.63) is 0 Å². The first-order valence-electron chi connectivity index (χ1n) is 7.31. The number of hydrogen-bond donors (Lipinski definition) is 1. The van der Waals surface area contributed by atoms with E-state index in [9.17, 15) is 0 Å². The number of rotatable bonds is 10. The van der Waals surface area contributed by atoms with E-state index >= 15 is 0 Å². The van der Waals surface area contributed by atoms with Gasteiger partial charge in [0, 0.05) is 6.54 Å². The summed E-state index contributed by atoms with van der Waals surface area (Å²) < 4.78 is 0. The summed E-state index contributed by atoms with van der Waals surface area (Å²) in [6.07, 6.45) is 7.97. The lowest BCUT2D eigenvalue weighted by molar-refractivity contribution is 0.167. The monoisotopic (exact) mass is 227 g/mol. The first-order valence-corrected chi connectivity index (χ1v) is 7.31. The molecule has 0 fully saturated rings. The van der Waals surface area contributed by atoms with Crippen molar-refractivity contribution in [3.63, 3.8) is 0 Å². The van der Waals surface area contributed by atoms with Gasteiger partial charge in [-0.1, -0.05) is 60.3 Å². The molecule has 0 aromatic rings. The lowest BCUT2D eigenvalue weighted by Crippen LogP contribution is -2.37. The Bertz CT molecular complexity index is 156. The van der Waals surface area contributed by atoms with Crippen LogP contribution in [0.25, 0.3) is 0 Å². The van der Waals surface area contributed by atoms with Crippen LogP contribution in [0.4, 0.5) is 0 Å². The van der Waals surface area contributed by atoms with Crippen LogP contribution >= 0.6 is 0 Å². The lowest BCUT2D eigenvalue weighted by atomic mass is 9.73. The minimum absolute atomic E-state index is 0.499. The molecular weight excluding hydrogens is 194 g/mol. The second-order valence-electron chi connectivity index (χ2n) is 5.60. The lowest BCUT2D eigenvalue weighted by Gasteiger charge is -2.36. The van der Waals surface area contributed by atoms with Gasteiger partial charge in [-0.05, 0) is 30.7 Å². The molecule has 0 aliphatic heterocycles. The molecule has 0 aliphatic rings. The molecule has 0 saturated heterocycles. The van der Waals surface area contributed by atoms with Crippen molar-refractivity contribution in [2.45, 2.75) is 73.1 Å². The molecule has 1 heteroatoms. The zero-order valence-corrected chi connectivity index (χ0v) is 12.2. The van der Waals surface area contributed by atoms with Crippen LogP contribution in [0.5, 0.6) is 0 Å². The Kier molecular flexibility index (Phi) is 9.02. The van der Waals surface area contributed by atoms with Crippen LogP contribution in [-0.4, -0.2) is 13.1 Å². The summed E-state index contributed by atoms with van der Waals surface area (Å²) in [5.41, 5.74) is 0.499. The Morgan fingerprint density at radius 1 is 1.06 bits per heavy atom. The van der Waals surface area contributed by atoms with Gasteiger partial charge in [-0.15, -0.1) is 0 Å². The van der Waals surface area contributed by atoms with Gasteiger partial charge in [-0.3, -0.25) is 0 Å². The highest BCUT2D eigenvalue weighted by atomic mass is 14.9. The van der Waals surface area contributed by atoms with E-state index in [-0.39, 0.29) is 0 Å². The minimum Gasteiger partial charge on any atom is -0.316 e. The fraction of sp³-hybridized carbons (Fsp3) is 1.00. The van der Waals surface area contributed by atoms with Crippen molar-refractivity contribution >= 4 is 0 Å². The Morgan fingerprint density at radius 3 is 2.19 bits per heavy atom. The van der Waals surface area contributed by atoms with Crippen molar-refractivity contribution in [1.29, 1.82) is 0 Å². The molecule has 0 bridgehead atoms. The van der Waals surface area contributed by atoms with Crippen molar-refractivity contribution in [2.24, 2.45) is 11.3 Å². The molecule has 0 aromatic carbocycles. The summed E-state index contributed by atoms with van der Waals surface area (Å²) >= 11 is 0. The van der Waals surface area contributed by atoms with E-state index in [0.29, 0.717) is 5.41 Å². The molecule has 0 rings (SSSR count). The van der Waals surface area contributed by atoms with Crippen molar-refractivity contribution < 1.29 is 0 Å². The number of unbranched alkanes of at least 4 members (excludes halogenated alkanes) is 2. The standard InChI is InChI=1S/C15H33N/c1-6-9-11-15(5,14(4)8-3)13-16-12-10-7-2/h14,16H,6-13H2,1-5H3. The molecule has 0 saturated carbocycles. The predicted octanol–water partition coefficient (Wildman–Crippen LogP) is 4.62. The van der Waals surface area contributed by atoms with Gasteiger partial charge < -0.3 is 5.32 Å². The quantitative estimate of drug-likeness (QED) is 0.537. The highest BCUT2D eigenvalue weighted by Gasteiger charge is 2.28. The molecule has 0 heterocycles. The summed E-state index contributed by atoms with van der Waals surface area (Å²) in [5, 5.41) is 3.65. The van der Waals surface area contributed by atoms with Crippen LogP contribution in [0.3, 0.4) is 0 Å². The maximum atomic E-state index is 3.65. The van der Waals surface area contributed by atoms with Gasteiger partial charge in [-0.25, -0.2) is 0 Å². The smallest absolute Gasteiger partial charge is 0.000771 e. The van der Waals surface area contributed by atoms with Crippen molar-refractivity contribution in [3.8, 4) is 0 Å². The first kappa shape index (κ1) is 16.0. The Morgan fingerprint density at radius 2 is 1.69 bits per heavy atom. The topological polar surface area (TPSA) is 12.0 Å². The van der Waals surface area contributed by atoms with Crippen LogP contribution in [0.2, 0.25) is 0 Å². The summed E-state index contributed by atoms with van der Waals surface area (Å²) in [6, 6.07) is 0. The third kappa shape index (κ3) is 5.89. The second kappa shape index (κ2) is 9.04. The van der Waals surface area contributed by atoms with E-state index < -0.39 is 0 Å². The zero-order valence-electron chi connectivity index (χ0n) is 12.2. The molecule has 16 heavy (non-hydrogen) atoms. The molecule has 0 aromatic heterocycles. The molecule has 0 amide bonds. The summed E-state index contributed by atoms with van der Waals surface area (Å²) in [4.78, 5) is 0. The van der Waals surface area contributed by atoms with E-state index in [1.54, 1.807) is 0 Å². The molecular formula is C15H33N. The summed E-state index contributed by atoms with van der Waals surface area (Å²) in [6.45, 7) is 14.1. The molecule has 0 aliphatic carbocycles. The highest BCUT2D eigenvalue weighted by Crippen LogP contribution is 2.34. The summed E-state index contributed by atoms with van der Waals surface area (Å²) in [7, 11) is 0. The molecule has 2 unspecified atom stereocenters. The molecule has 1 N–H and O–H groups in total. The fourth-order valence-corrected chi connectivity index (χ4v) is 2.26. The Labute approximate surface area is 103 Å². The van der Waals surface area contributed by atoms with Gasteiger partial charge in [-0.2, -0.15) is 0 Å². The third-order valence-electron chi connectivity index (χ3n) is 4.14. The van der Waals surface area contributed by atoms with Crippen molar-refractivity contribution in [2.75, 3.05) is 13.1 Å². The fourth-order valence-electron chi connectivity index (χ4n) is 2.26. The largest absolute Gasteiger partial charge is 0.316 e. The van der Waals surface area contributed by atoms with Gasteiger partial charge in [0.2, 0.25) is 0 Å². The average Bonchev–Trinajstić information content (AvgIpc) is 2.31. The van der Waals surface area contributed by atoms with E-state index in [1.807, 2.05) is 0 Å². The first-order chi connectivity index (χ1) is 7.60. The van der Waals surface area contributed by atoms with E-state index in [2.05, 4.69) is 39.9 Å². The normalized spacial score (nSPS) is 17.1. The van der Waals surface area contributed by atoms with Gasteiger partial charge in [0.15, 0.2) is 0 Å². The second-order valence-corrected chi connectivity index (χ2v) is 5.60. The van der Waals surface area contributed by atoms with Crippen LogP contribution in [-0.2, 0) is 0 Å². The number of hydrogen-bond acceptors (Lipinski definition) is 1. The van der Waals surface area contributed by atoms with E-state index in [1.165, 1.54) is 51.6 Å². The zero-order chi connectivity index (χ0) is 12.4. The highest BCUT2D eigenvalue weighted by molar-refractivity contribution is 4.81. The van der Waals surface area contributed by atoms with E-state index in [0.717, 1.165) is 5.92 Å². The Hall–Kier alpha value is -0.0400. The van der Waals surface area contributed by atoms with Gasteiger partial charge in [0.25, 0.3) is 0 Å². The maximum Gasteiger partial charge on any atom is 0.000771 e. The molecule has 0 spiro atoms. The van der Waals surface area contributed by atoms with Crippen LogP contribution in [0, 0.1) is 11.3 Å². The third-order valence-corrected chi connectivity index (χ3v) is 4.14. The van der Waals surface area contributed by atoms with Crippen LogP contribution in [0.1, 0.15) is 73.1 Å². The maximum absolute atomic E-state index is 3.65.